The van der Waals surface area contributed by atoms with Crippen LogP contribution in [0.2, 0.25) is 0 Å². The van der Waals surface area contributed by atoms with Crippen LogP contribution >= 0.6 is 0 Å². The fraction of sp³-hybridized carbons (Fsp3) is 0.250. The van der Waals surface area contributed by atoms with Crippen molar-refractivity contribution in [2.75, 3.05) is 0 Å². The lowest BCUT2D eigenvalue weighted by Crippen LogP contribution is -1.89. The number of benzene rings is 1. The van der Waals surface area contributed by atoms with Crippen LogP contribution in [0, 0.1) is 0 Å². The predicted octanol–water partition coefficient (Wildman–Crippen LogP) is 3.24. The number of para-hydroxylation sites is 2. The van der Waals surface area contributed by atoms with E-state index in [1.54, 1.807) is 6.08 Å². The molecule has 0 saturated heterocycles. The summed E-state index contributed by atoms with van der Waals surface area (Å²) in [6.07, 6.45) is 1.76. The third kappa shape index (κ3) is 1.69. The van der Waals surface area contributed by atoms with Gasteiger partial charge in [0.15, 0.2) is 0 Å². The van der Waals surface area contributed by atoms with Gasteiger partial charge in [-0.25, -0.2) is 4.98 Å². The van der Waals surface area contributed by atoms with E-state index in [2.05, 4.69) is 17.6 Å². The Kier molecular flexibility index (Phi) is 3.46. The third-order valence-electron chi connectivity index (χ3n) is 2.00. The number of aryl methyl sites for hydroxylation is 1. The molecule has 0 N–H and O–H groups in total. The molecule has 1 heterocycles. The van der Waals surface area contributed by atoms with Crippen LogP contribution in [0.4, 0.5) is 0 Å². The van der Waals surface area contributed by atoms with Gasteiger partial charge in [0, 0.05) is 7.05 Å². The standard InChI is InChI=1S/C10H10N2.C2H6/c1-3-10-11-8-6-4-5-7-9(8)12(10)2;1-2/h3-7H,1H2,2H3;1-2H3. The van der Waals surface area contributed by atoms with Crippen LogP contribution in [0.5, 0.6) is 0 Å². The SMILES string of the molecule is C=Cc1nc2ccccc2n1C.CC. The molecule has 2 nitrogen and oxygen atoms in total. The Morgan fingerprint density at radius 2 is 1.93 bits per heavy atom. The Morgan fingerprint density at radius 1 is 1.29 bits per heavy atom. The topological polar surface area (TPSA) is 17.8 Å². The van der Waals surface area contributed by atoms with Gasteiger partial charge in [-0.05, 0) is 18.2 Å². The largest absolute Gasteiger partial charge is 0.328 e. The Bertz CT molecular complexity index is 427. The second-order valence-corrected chi connectivity index (χ2v) is 2.72. The number of aromatic nitrogens is 2. The van der Waals surface area contributed by atoms with Gasteiger partial charge >= 0.3 is 0 Å². The highest BCUT2D eigenvalue weighted by molar-refractivity contribution is 5.77. The molecule has 0 aliphatic heterocycles. The first-order valence-electron chi connectivity index (χ1n) is 4.87. The van der Waals surface area contributed by atoms with Gasteiger partial charge in [-0.2, -0.15) is 0 Å². The highest BCUT2D eigenvalue weighted by Gasteiger charge is 2.01. The van der Waals surface area contributed by atoms with Gasteiger partial charge in [0.25, 0.3) is 0 Å². The first-order valence-corrected chi connectivity index (χ1v) is 4.87. The third-order valence-corrected chi connectivity index (χ3v) is 2.00. The van der Waals surface area contributed by atoms with Crippen molar-refractivity contribution in [3.63, 3.8) is 0 Å². The van der Waals surface area contributed by atoms with Crippen LogP contribution in [-0.2, 0) is 7.05 Å². The first kappa shape index (κ1) is 10.5. The maximum Gasteiger partial charge on any atom is 0.132 e. The van der Waals surface area contributed by atoms with E-state index in [-0.39, 0.29) is 0 Å². The number of rotatable bonds is 1. The summed E-state index contributed by atoms with van der Waals surface area (Å²) in [5.41, 5.74) is 2.17. The summed E-state index contributed by atoms with van der Waals surface area (Å²) in [4.78, 5) is 4.38. The number of nitrogens with zero attached hydrogens (tertiary/aromatic N) is 2. The summed E-state index contributed by atoms with van der Waals surface area (Å²) >= 11 is 0. The van der Waals surface area contributed by atoms with E-state index >= 15 is 0 Å². The maximum atomic E-state index is 4.38. The van der Waals surface area contributed by atoms with Gasteiger partial charge in [0.2, 0.25) is 0 Å². The molecule has 0 spiro atoms. The smallest absolute Gasteiger partial charge is 0.132 e. The molecule has 0 aliphatic rings. The summed E-state index contributed by atoms with van der Waals surface area (Å²) in [5.74, 6) is 0.913. The molecule has 0 unspecified atom stereocenters. The Morgan fingerprint density at radius 3 is 2.50 bits per heavy atom. The van der Waals surface area contributed by atoms with E-state index in [4.69, 9.17) is 0 Å². The average Bonchev–Trinajstić information content (AvgIpc) is 2.59. The van der Waals surface area contributed by atoms with Crippen molar-refractivity contribution >= 4 is 17.1 Å². The van der Waals surface area contributed by atoms with Gasteiger partial charge in [-0.3, -0.25) is 0 Å². The van der Waals surface area contributed by atoms with Crippen molar-refractivity contribution in [3.8, 4) is 0 Å². The molecule has 0 saturated carbocycles. The monoisotopic (exact) mass is 188 g/mol. The lowest BCUT2D eigenvalue weighted by molar-refractivity contribution is 0.930. The van der Waals surface area contributed by atoms with Crippen LogP contribution in [0.25, 0.3) is 17.1 Å². The van der Waals surface area contributed by atoms with Crippen LogP contribution in [0.3, 0.4) is 0 Å². The van der Waals surface area contributed by atoms with Crippen molar-refractivity contribution in [3.05, 3.63) is 36.7 Å². The number of fused-ring (bicyclic) bond motifs is 1. The molecule has 1 aromatic heterocycles. The minimum Gasteiger partial charge on any atom is -0.328 e. The molecule has 0 fully saturated rings. The normalized spacial score (nSPS) is 9.36. The van der Waals surface area contributed by atoms with E-state index in [9.17, 15) is 0 Å². The molecule has 2 rings (SSSR count). The second-order valence-electron chi connectivity index (χ2n) is 2.72. The van der Waals surface area contributed by atoms with Crippen molar-refractivity contribution in [1.29, 1.82) is 0 Å². The lowest BCUT2D eigenvalue weighted by Gasteiger charge is -1.94. The van der Waals surface area contributed by atoms with Gasteiger partial charge in [-0.15, -0.1) is 0 Å². The second kappa shape index (κ2) is 4.61. The molecule has 0 atom stereocenters. The van der Waals surface area contributed by atoms with Crippen molar-refractivity contribution in [1.82, 2.24) is 9.55 Å². The molecule has 14 heavy (non-hydrogen) atoms. The first-order chi connectivity index (χ1) is 6.83. The summed E-state index contributed by atoms with van der Waals surface area (Å²) in [6.45, 7) is 7.70. The van der Waals surface area contributed by atoms with E-state index in [1.807, 2.05) is 43.7 Å². The molecule has 74 valence electrons. The van der Waals surface area contributed by atoms with Crippen molar-refractivity contribution in [2.45, 2.75) is 13.8 Å². The predicted molar refractivity (Wildman–Crippen MR) is 62.2 cm³/mol. The number of hydrogen-bond donors (Lipinski definition) is 0. The molecule has 0 amide bonds. The number of hydrogen-bond acceptors (Lipinski definition) is 1. The zero-order valence-electron chi connectivity index (χ0n) is 8.99. The summed E-state index contributed by atoms with van der Waals surface area (Å²) in [6, 6.07) is 8.05. The van der Waals surface area contributed by atoms with Gasteiger partial charge < -0.3 is 4.57 Å². The molecular formula is C12H16N2. The Labute approximate surface area is 84.9 Å². The molecule has 0 radical (unpaired) electrons. The molecule has 0 bridgehead atoms. The summed E-state index contributed by atoms with van der Waals surface area (Å²) < 4.78 is 2.03. The minimum atomic E-state index is 0.913. The van der Waals surface area contributed by atoms with E-state index in [0.29, 0.717) is 0 Å². The molecule has 1 aromatic carbocycles. The fourth-order valence-corrected chi connectivity index (χ4v) is 1.35. The highest BCUT2D eigenvalue weighted by Crippen LogP contribution is 2.14. The average molecular weight is 188 g/mol. The lowest BCUT2D eigenvalue weighted by atomic mass is 10.3. The quantitative estimate of drug-likeness (QED) is 0.671. The van der Waals surface area contributed by atoms with Crippen LogP contribution in [0.15, 0.2) is 30.8 Å². The van der Waals surface area contributed by atoms with E-state index in [0.717, 1.165) is 16.9 Å². The molecule has 0 aliphatic carbocycles. The van der Waals surface area contributed by atoms with Crippen LogP contribution < -0.4 is 0 Å². The summed E-state index contributed by atoms with van der Waals surface area (Å²) in [7, 11) is 1.99. The molecule has 2 aromatic rings. The van der Waals surface area contributed by atoms with Crippen molar-refractivity contribution < 1.29 is 0 Å². The van der Waals surface area contributed by atoms with Gasteiger partial charge in [0.1, 0.15) is 5.82 Å². The molecular weight excluding hydrogens is 172 g/mol. The van der Waals surface area contributed by atoms with Gasteiger partial charge in [0.05, 0.1) is 11.0 Å². The van der Waals surface area contributed by atoms with E-state index < -0.39 is 0 Å². The Hall–Kier alpha value is -1.57. The van der Waals surface area contributed by atoms with Crippen LogP contribution in [0.1, 0.15) is 19.7 Å². The number of imidazole rings is 1. The highest BCUT2D eigenvalue weighted by atomic mass is 15.0. The van der Waals surface area contributed by atoms with Crippen molar-refractivity contribution in [2.24, 2.45) is 7.05 Å². The minimum absolute atomic E-state index is 0.913. The van der Waals surface area contributed by atoms with E-state index in [1.165, 1.54) is 0 Å². The van der Waals surface area contributed by atoms with Gasteiger partial charge in [-0.1, -0.05) is 32.6 Å². The zero-order valence-corrected chi connectivity index (χ0v) is 8.99. The zero-order chi connectivity index (χ0) is 10.6. The van der Waals surface area contributed by atoms with Crippen LogP contribution in [-0.4, -0.2) is 9.55 Å². The Balaban J connectivity index is 0.000000461. The summed E-state index contributed by atoms with van der Waals surface area (Å²) in [5, 5.41) is 0. The fourth-order valence-electron chi connectivity index (χ4n) is 1.35. The molecule has 2 heteroatoms. The maximum absolute atomic E-state index is 4.38.